The minimum Gasteiger partial charge on any atom is -0.456 e. The van der Waals surface area contributed by atoms with Crippen molar-refractivity contribution in [2.24, 2.45) is 4.99 Å². The van der Waals surface area contributed by atoms with E-state index in [1.807, 2.05) is 32.9 Å². The molecule has 1 atom stereocenters. The number of carbonyl (C=O) groups is 1. The number of esters is 1. The normalized spacial score (nSPS) is 12.4. The van der Waals surface area contributed by atoms with Crippen LogP contribution in [0.5, 0.6) is 0 Å². The van der Waals surface area contributed by atoms with Gasteiger partial charge in [-0.05, 0) is 44.9 Å². The van der Waals surface area contributed by atoms with Crippen LogP contribution in [0.2, 0.25) is 0 Å². The molecule has 1 aromatic carbocycles. The molecule has 1 aromatic rings. The lowest BCUT2D eigenvalue weighted by Crippen LogP contribution is -2.23. The molecule has 0 saturated heterocycles. The van der Waals surface area contributed by atoms with Crippen molar-refractivity contribution in [1.29, 1.82) is 0 Å². The van der Waals surface area contributed by atoms with Gasteiger partial charge in [-0.15, -0.1) is 0 Å². The molecule has 0 saturated carbocycles. The molecule has 114 valence electrons. The zero-order valence-corrected chi connectivity index (χ0v) is 13.2. The fraction of sp³-hybridized carbons (Fsp3) is 0.529. The van der Waals surface area contributed by atoms with Crippen molar-refractivity contribution < 1.29 is 14.3 Å². The van der Waals surface area contributed by atoms with Crippen molar-refractivity contribution in [3.63, 3.8) is 0 Å². The molecule has 0 aliphatic rings. The fourth-order valence-corrected chi connectivity index (χ4v) is 1.95. The SMILES string of the molecule is CCCC[C@@H](N=C=O)c1ccc(C(=O)OC(C)(C)C)cc1. The van der Waals surface area contributed by atoms with Crippen molar-refractivity contribution in [3.8, 4) is 0 Å². The van der Waals surface area contributed by atoms with Gasteiger partial charge in [-0.2, -0.15) is 4.99 Å². The van der Waals surface area contributed by atoms with E-state index in [0.717, 1.165) is 24.8 Å². The Morgan fingerprint density at radius 1 is 1.29 bits per heavy atom. The average molecular weight is 289 g/mol. The van der Waals surface area contributed by atoms with E-state index in [4.69, 9.17) is 4.74 Å². The molecular weight excluding hydrogens is 266 g/mol. The van der Waals surface area contributed by atoms with Gasteiger partial charge in [-0.3, -0.25) is 0 Å². The Kier molecular flexibility index (Phi) is 6.32. The Morgan fingerprint density at radius 3 is 2.38 bits per heavy atom. The number of nitrogens with zero attached hydrogens (tertiary/aromatic N) is 1. The summed E-state index contributed by atoms with van der Waals surface area (Å²) in [5.74, 6) is -0.349. The van der Waals surface area contributed by atoms with Gasteiger partial charge < -0.3 is 4.74 Å². The smallest absolute Gasteiger partial charge is 0.338 e. The summed E-state index contributed by atoms with van der Waals surface area (Å²) in [6.07, 6.45) is 4.46. The summed E-state index contributed by atoms with van der Waals surface area (Å²) in [7, 11) is 0. The maximum atomic E-state index is 11.9. The topological polar surface area (TPSA) is 55.7 Å². The zero-order valence-electron chi connectivity index (χ0n) is 13.2. The van der Waals surface area contributed by atoms with Crippen LogP contribution in [-0.4, -0.2) is 17.7 Å². The van der Waals surface area contributed by atoms with E-state index in [1.54, 1.807) is 18.2 Å². The monoisotopic (exact) mass is 289 g/mol. The molecule has 1 rings (SSSR count). The molecule has 0 aliphatic carbocycles. The van der Waals surface area contributed by atoms with Crippen molar-refractivity contribution in [3.05, 3.63) is 35.4 Å². The van der Waals surface area contributed by atoms with Gasteiger partial charge in [0, 0.05) is 0 Å². The highest BCUT2D eigenvalue weighted by Crippen LogP contribution is 2.24. The highest BCUT2D eigenvalue weighted by Gasteiger charge is 2.18. The van der Waals surface area contributed by atoms with E-state index in [9.17, 15) is 9.59 Å². The van der Waals surface area contributed by atoms with Crippen LogP contribution < -0.4 is 0 Å². The second-order valence-corrected chi connectivity index (χ2v) is 6.00. The molecule has 0 spiro atoms. The van der Waals surface area contributed by atoms with Gasteiger partial charge in [-0.1, -0.05) is 31.9 Å². The van der Waals surface area contributed by atoms with Crippen molar-refractivity contribution in [2.75, 3.05) is 0 Å². The second-order valence-electron chi connectivity index (χ2n) is 6.00. The molecule has 4 nitrogen and oxygen atoms in total. The van der Waals surface area contributed by atoms with E-state index in [0.29, 0.717) is 5.56 Å². The number of rotatable bonds is 6. The number of ether oxygens (including phenoxy) is 1. The number of aliphatic imine (C=N–C) groups is 1. The lowest BCUT2D eigenvalue weighted by atomic mass is 10.0. The Hall–Kier alpha value is -1.93. The number of benzene rings is 1. The van der Waals surface area contributed by atoms with Gasteiger partial charge in [0.25, 0.3) is 0 Å². The van der Waals surface area contributed by atoms with E-state index in [1.165, 1.54) is 0 Å². The van der Waals surface area contributed by atoms with E-state index < -0.39 is 5.60 Å². The average Bonchev–Trinajstić information content (AvgIpc) is 2.42. The van der Waals surface area contributed by atoms with Crippen molar-refractivity contribution >= 4 is 12.0 Å². The fourth-order valence-electron chi connectivity index (χ4n) is 1.95. The first-order valence-electron chi connectivity index (χ1n) is 7.27. The summed E-state index contributed by atoms with van der Waals surface area (Å²) in [5, 5.41) is 0. The number of unbranched alkanes of at least 4 members (excludes halogenated alkanes) is 1. The minimum atomic E-state index is -0.513. The maximum absolute atomic E-state index is 11.9. The molecule has 0 fully saturated rings. The Balaban J connectivity index is 2.84. The van der Waals surface area contributed by atoms with Crippen molar-refractivity contribution in [2.45, 2.75) is 58.6 Å². The lowest BCUT2D eigenvalue weighted by molar-refractivity contribution is 0.00695. The first kappa shape index (κ1) is 17.1. The Bertz CT molecular complexity index is 508. The zero-order chi connectivity index (χ0) is 15.9. The van der Waals surface area contributed by atoms with E-state index >= 15 is 0 Å². The van der Waals surface area contributed by atoms with Crippen LogP contribution in [-0.2, 0) is 9.53 Å². The number of carbonyl (C=O) groups excluding carboxylic acids is 2. The quantitative estimate of drug-likeness (QED) is 0.448. The molecule has 0 radical (unpaired) electrons. The summed E-state index contributed by atoms with van der Waals surface area (Å²) in [5.41, 5.74) is 0.901. The molecular formula is C17H23NO3. The molecule has 0 heterocycles. The Morgan fingerprint density at radius 2 is 1.90 bits per heavy atom. The van der Waals surface area contributed by atoms with Gasteiger partial charge in [0.1, 0.15) is 5.60 Å². The predicted octanol–water partition coefficient (Wildman–Crippen LogP) is 4.21. The highest BCUT2D eigenvalue weighted by atomic mass is 16.6. The first-order chi connectivity index (χ1) is 9.87. The van der Waals surface area contributed by atoms with E-state index in [-0.39, 0.29) is 12.0 Å². The molecule has 0 aliphatic heterocycles. The van der Waals surface area contributed by atoms with Gasteiger partial charge in [0.05, 0.1) is 11.6 Å². The van der Waals surface area contributed by atoms with Crippen LogP contribution in [0, 0.1) is 0 Å². The molecule has 0 N–H and O–H groups in total. The van der Waals surface area contributed by atoms with Crippen LogP contribution >= 0.6 is 0 Å². The molecule has 21 heavy (non-hydrogen) atoms. The predicted molar refractivity (Wildman–Crippen MR) is 82.0 cm³/mol. The lowest BCUT2D eigenvalue weighted by Gasteiger charge is -2.19. The van der Waals surface area contributed by atoms with Gasteiger partial charge >= 0.3 is 5.97 Å². The maximum Gasteiger partial charge on any atom is 0.338 e. The van der Waals surface area contributed by atoms with Crippen LogP contribution in [0.15, 0.2) is 29.3 Å². The third kappa shape index (κ3) is 5.92. The molecule has 0 aromatic heterocycles. The number of isocyanates is 1. The van der Waals surface area contributed by atoms with Crippen molar-refractivity contribution in [1.82, 2.24) is 0 Å². The van der Waals surface area contributed by atoms with Gasteiger partial charge in [0.15, 0.2) is 0 Å². The molecule has 0 bridgehead atoms. The summed E-state index contributed by atoms with van der Waals surface area (Å²) in [4.78, 5) is 26.3. The molecule has 0 amide bonds. The largest absolute Gasteiger partial charge is 0.456 e. The Labute approximate surface area is 126 Å². The molecule has 4 heteroatoms. The number of hydrogen-bond acceptors (Lipinski definition) is 4. The van der Waals surface area contributed by atoms with Gasteiger partial charge in [-0.25, -0.2) is 9.59 Å². The van der Waals surface area contributed by atoms with Gasteiger partial charge in [0.2, 0.25) is 6.08 Å². The third-order valence-electron chi connectivity index (χ3n) is 2.97. The highest BCUT2D eigenvalue weighted by molar-refractivity contribution is 5.89. The summed E-state index contributed by atoms with van der Waals surface area (Å²) in [6.45, 7) is 7.59. The third-order valence-corrected chi connectivity index (χ3v) is 2.97. The van der Waals surface area contributed by atoms with E-state index in [2.05, 4.69) is 11.9 Å². The van der Waals surface area contributed by atoms with Crippen LogP contribution in [0.25, 0.3) is 0 Å². The number of hydrogen-bond donors (Lipinski definition) is 0. The van der Waals surface area contributed by atoms with Crippen LogP contribution in [0.1, 0.15) is 68.9 Å². The molecule has 0 unspecified atom stereocenters. The second kappa shape index (κ2) is 7.75. The summed E-state index contributed by atoms with van der Waals surface area (Å²) in [6, 6.07) is 6.88. The summed E-state index contributed by atoms with van der Waals surface area (Å²) < 4.78 is 5.31. The van der Waals surface area contributed by atoms with Crippen LogP contribution in [0.3, 0.4) is 0 Å². The first-order valence-corrected chi connectivity index (χ1v) is 7.27. The van der Waals surface area contributed by atoms with Crippen LogP contribution in [0.4, 0.5) is 0 Å². The standard InChI is InChI=1S/C17H23NO3/c1-5-6-7-15(18-12-19)13-8-10-14(11-9-13)16(20)21-17(2,3)4/h8-11,15H,5-7H2,1-4H3/t15-/m1/s1. The summed E-state index contributed by atoms with van der Waals surface area (Å²) >= 11 is 0. The minimum absolute atomic E-state index is 0.185.